The Morgan fingerprint density at radius 1 is 1.42 bits per heavy atom. The van der Waals surface area contributed by atoms with E-state index >= 15 is 0 Å². The van der Waals surface area contributed by atoms with Gasteiger partial charge in [0.15, 0.2) is 0 Å². The maximum absolute atomic E-state index is 11.5. The molecule has 19 heavy (non-hydrogen) atoms. The third kappa shape index (κ3) is 3.87. The molecule has 0 bridgehead atoms. The Morgan fingerprint density at radius 2 is 2.26 bits per heavy atom. The van der Waals surface area contributed by atoms with Gasteiger partial charge in [-0.15, -0.1) is 11.3 Å². The van der Waals surface area contributed by atoms with E-state index in [0.29, 0.717) is 12.3 Å². The monoisotopic (exact) mass is 301 g/mol. The van der Waals surface area contributed by atoms with E-state index in [-0.39, 0.29) is 5.09 Å². The molecule has 0 radical (unpaired) electrons. The number of thiazole rings is 1. The van der Waals surface area contributed by atoms with Gasteiger partial charge in [-0.3, -0.25) is 0 Å². The molecule has 0 unspecified atom stereocenters. The van der Waals surface area contributed by atoms with E-state index < -0.39 is 10.0 Å². The van der Waals surface area contributed by atoms with E-state index in [4.69, 9.17) is 4.42 Å². The Kier molecular flexibility index (Phi) is 4.70. The molecule has 0 aromatic carbocycles. The third-order valence-electron chi connectivity index (χ3n) is 2.51. The minimum atomic E-state index is -3.50. The van der Waals surface area contributed by atoms with Gasteiger partial charge in [0.2, 0.25) is 5.09 Å². The van der Waals surface area contributed by atoms with Crippen LogP contribution < -0.4 is 10.0 Å². The minimum Gasteiger partial charge on any atom is -0.447 e. The molecular formula is C11H15N3O3S2. The standard InChI is InChI=1S/C11H15N3O3S2/c1-12-19(15,16)11-3-2-10(17-11)6-13-5-4-9-7-18-8-14-9/h2-3,7-8,12-13H,4-6H2,1H3. The lowest BCUT2D eigenvalue weighted by Gasteiger charge is -2.01. The first-order valence-electron chi connectivity index (χ1n) is 5.72. The Labute approximate surface area is 115 Å². The summed E-state index contributed by atoms with van der Waals surface area (Å²) in [6.07, 6.45) is 0.839. The van der Waals surface area contributed by atoms with Crippen LogP contribution in [0.1, 0.15) is 11.5 Å². The molecule has 0 aliphatic heterocycles. The van der Waals surface area contributed by atoms with E-state index in [1.54, 1.807) is 22.9 Å². The Balaban J connectivity index is 1.81. The first-order valence-corrected chi connectivity index (χ1v) is 8.14. The third-order valence-corrected chi connectivity index (χ3v) is 4.43. The number of hydrogen-bond acceptors (Lipinski definition) is 6. The zero-order valence-corrected chi connectivity index (χ0v) is 12.1. The van der Waals surface area contributed by atoms with Crippen LogP contribution in [0.4, 0.5) is 0 Å². The van der Waals surface area contributed by atoms with E-state index in [9.17, 15) is 8.42 Å². The van der Waals surface area contributed by atoms with Crippen LogP contribution in [0.15, 0.2) is 32.5 Å². The summed E-state index contributed by atoms with van der Waals surface area (Å²) in [4.78, 5) is 4.18. The van der Waals surface area contributed by atoms with E-state index in [0.717, 1.165) is 18.7 Å². The maximum Gasteiger partial charge on any atom is 0.273 e. The van der Waals surface area contributed by atoms with Crippen LogP contribution in [0.3, 0.4) is 0 Å². The average molecular weight is 301 g/mol. The van der Waals surface area contributed by atoms with Gasteiger partial charge in [0.05, 0.1) is 17.7 Å². The van der Waals surface area contributed by atoms with Crippen LogP contribution in [0.5, 0.6) is 0 Å². The first-order chi connectivity index (χ1) is 9.12. The highest BCUT2D eigenvalue weighted by Crippen LogP contribution is 2.13. The normalized spacial score (nSPS) is 11.8. The first kappa shape index (κ1) is 14.2. The highest BCUT2D eigenvalue weighted by molar-refractivity contribution is 7.89. The van der Waals surface area contributed by atoms with Crippen molar-refractivity contribution in [3.05, 3.63) is 34.5 Å². The van der Waals surface area contributed by atoms with Crippen molar-refractivity contribution in [2.24, 2.45) is 0 Å². The van der Waals surface area contributed by atoms with Gasteiger partial charge in [-0.25, -0.2) is 18.1 Å². The fourth-order valence-electron chi connectivity index (χ4n) is 1.49. The van der Waals surface area contributed by atoms with Crippen molar-refractivity contribution < 1.29 is 12.8 Å². The molecule has 0 spiro atoms. The molecule has 8 heteroatoms. The fourth-order valence-corrected chi connectivity index (χ4v) is 2.75. The summed E-state index contributed by atoms with van der Waals surface area (Å²) in [5.41, 5.74) is 2.85. The molecule has 2 heterocycles. The summed E-state index contributed by atoms with van der Waals surface area (Å²) in [6, 6.07) is 3.10. The zero-order chi connectivity index (χ0) is 13.7. The zero-order valence-electron chi connectivity index (χ0n) is 10.4. The second-order valence-corrected chi connectivity index (χ2v) is 6.37. The second kappa shape index (κ2) is 6.29. The number of sulfonamides is 1. The molecule has 2 N–H and O–H groups in total. The van der Waals surface area contributed by atoms with Crippen LogP contribution in [0.2, 0.25) is 0 Å². The van der Waals surface area contributed by atoms with Crippen LogP contribution in [0, 0.1) is 0 Å². The van der Waals surface area contributed by atoms with E-state index in [1.165, 1.54) is 13.1 Å². The molecule has 0 saturated carbocycles. The van der Waals surface area contributed by atoms with Crippen molar-refractivity contribution in [1.29, 1.82) is 0 Å². The van der Waals surface area contributed by atoms with Gasteiger partial charge in [-0.1, -0.05) is 0 Å². The summed E-state index contributed by atoms with van der Waals surface area (Å²) in [6.45, 7) is 1.25. The summed E-state index contributed by atoms with van der Waals surface area (Å²) < 4.78 is 30.4. The predicted molar refractivity (Wildman–Crippen MR) is 72.5 cm³/mol. The number of furan rings is 1. The molecule has 104 valence electrons. The number of aromatic nitrogens is 1. The number of rotatable bonds is 7. The molecule has 2 aromatic heterocycles. The summed E-state index contributed by atoms with van der Waals surface area (Å²) >= 11 is 1.57. The highest BCUT2D eigenvalue weighted by Gasteiger charge is 2.15. The Bertz CT molecular complexity index is 605. The van der Waals surface area contributed by atoms with Crippen molar-refractivity contribution in [2.45, 2.75) is 18.1 Å². The Hall–Kier alpha value is -1.22. The highest BCUT2D eigenvalue weighted by atomic mass is 32.2. The average Bonchev–Trinajstić information content (AvgIpc) is 3.06. The maximum atomic E-state index is 11.5. The smallest absolute Gasteiger partial charge is 0.273 e. The molecule has 0 atom stereocenters. The summed E-state index contributed by atoms with van der Waals surface area (Å²) in [7, 11) is -2.15. The van der Waals surface area contributed by atoms with Gasteiger partial charge in [-0.2, -0.15) is 0 Å². The van der Waals surface area contributed by atoms with Crippen molar-refractivity contribution in [2.75, 3.05) is 13.6 Å². The summed E-state index contributed by atoms with van der Waals surface area (Å²) in [5.74, 6) is 0.590. The lowest BCUT2D eigenvalue weighted by molar-refractivity contribution is 0.401. The summed E-state index contributed by atoms with van der Waals surface area (Å²) in [5, 5.41) is 5.12. The van der Waals surface area contributed by atoms with Crippen molar-refractivity contribution >= 4 is 21.4 Å². The molecule has 2 rings (SSSR count). The van der Waals surface area contributed by atoms with Gasteiger partial charge in [0.1, 0.15) is 5.76 Å². The molecule has 0 fully saturated rings. The van der Waals surface area contributed by atoms with Crippen molar-refractivity contribution in [3.63, 3.8) is 0 Å². The van der Waals surface area contributed by atoms with Gasteiger partial charge in [0, 0.05) is 18.3 Å². The number of nitrogens with one attached hydrogen (secondary N) is 2. The number of nitrogens with zero attached hydrogens (tertiary/aromatic N) is 1. The minimum absolute atomic E-state index is 0.0636. The van der Waals surface area contributed by atoms with Crippen LogP contribution in [0.25, 0.3) is 0 Å². The van der Waals surface area contributed by atoms with E-state index in [2.05, 4.69) is 15.0 Å². The van der Waals surface area contributed by atoms with Gasteiger partial charge >= 0.3 is 0 Å². The van der Waals surface area contributed by atoms with Crippen LogP contribution >= 0.6 is 11.3 Å². The number of hydrogen-bond donors (Lipinski definition) is 2. The fraction of sp³-hybridized carbons (Fsp3) is 0.364. The van der Waals surface area contributed by atoms with Gasteiger partial charge in [0.25, 0.3) is 10.0 Å². The molecule has 0 aliphatic rings. The molecule has 0 saturated heterocycles. The lowest BCUT2D eigenvalue weighted by Crippen LogP contribution is -2.18. The molecule has 2 aromatic rings. The Morgan fingerprint density at radius 3 is 2.95 bits per heavy atom. The molecule has 0 amide bonds. The molecule has 6 nitrogen and oxygen atoms in total. The van der Waals surface area contributed by atoms with Crippen molar-refractivity contribution in [1.82, 2.24) is 15.0 Å². The quantitative estimate of drug-likeness (QED) is 0.745. The van der Waals surface area contributed by atoms with E-state index in [1.807, 2.05) is 5.38 Å². The molecular weight excluding hydrogens is 286 g/mol. The lowest BCUT2D eigenvalue weighted by atomic mass is 10.3. The van der Waals surface area contributed by atoms with Crippen LogP contribution in [-0.2, 0) is 23.0 Å². The van der Waals surface area contributed by atoms with Crippen molar-refractivity contribution in [3.8, 4) is 0 Å². The SMILES string of the molecule is CNS(=O)(=O)c1ccc(CNCCc2cscn2)o1. The largest absolute Gasteiger partial charge is 0.447 e. The predicted octanol–water partition coefficient (Wildman–Crippen LogP) is 0.976. The molecule has 0 aliphatic carbocycles. The topological polar surface area (TPSA) is 84.2 Å². The van der Waals surface area contributed by atoms with Crippen LogP contribution in [-0.4, -0.2) is 27.0 Å². The van der Waals surface area contributed by atoms with Gasteiger partial charge in [-0.05, 0) is 19.2 Å². The van der Waals surface area contributed by atoms with Gasteiger partial charge < -0.3 is 9.73 Å². The second-order valence-electron chi connectivity index (χ2n) is 3.83.